The fourth-order valence-corrected chi connectivity index (χ4v) is 3.83. The molecule has 2 aromatic rings. The van der Waals surface area contributed by atoms with Crippen LogP contribution in [0.2, 0.25) is 0 Å². The van der Waals surface area contributed by atoms with Gasteiger partial charge in [-0.25, -0.2) is 4.39 Å². The largest absolute Gasteiger partial charge is 0.338 e. The molecule has 5 heteroatoms. The summed E-state index contributed by atoms with van der Waals surface area (Å²) < 4.78 is 20.0. The smallest absolute Gasteiger partial charge is 0.237 e. The van der Waals surface area contributed by atoms with Gasteiger partial charge in [0.1, 0.15) is 5.82 Å². The highest BCUT2D eigenvalue weighted by atomic mass is 19.1. The van der Waals surface area contributed by atoms with Crippen LogP contribution in [0.4, 0.5) is 4.39 Å². The quantitative estimate of drug-likeness (QED) is 0.943. The normalized spacial score (nSPS) is 22.5. The molecular formula is C17H20FN3O. The van der Waals surface area contributed by atoms with Crippen molar-refractivity contribution in [2.45, 2.75) is 55.9 Å². The van der Waals surface area contributed by atoms with Gasteiger partial charge in [-0.05, 0) is 38.2 Å². The summed E-state index contributed by atoms with van der Waals surface area (Å²) in [6.07, 6.45) is 6.63. The van der Waals surface area contributed by atoms with Gasteiger partial charge in [0.2, 0.25) is 5.89 Å². The Hall–Kier alpha value is -1.75. The van der Waals surface area contributed by atoms with E-state index >= 15 is 0 Å². The van der Waals surface area contributed by atoms with E-state index in [1.165, 1.54) is 6.07 Å². The van der Waals surface area contributed by atoms with Crippen LogP contribution in [0, 0.1) is 5.82 Å². The maximum atomic E-state index is 14.4. The van der Waals surface area contributed by atoms with Gasteiger partial charge in [0.25, 0.3) is 0 Å². The van der Waals surface area contributed by atoms with Gasteiger partial charge in [-0.3, -0.25) is 0 Å². The summed E-state index contributed by atoms with van der Waals surface area (Å²) in [5.41, 5.74) is 6.02. The minimum absolute atomic E-state index is 0.199. The van der Waals surface area contributed by atoms with Crippen molar-refractivity contribution in [3.8, 4) is 0 Å². The maximum Gasteiger partial charge on any atom is 0.237 e. The summed E-state index contributed by atoms with van der Waals surface area (Å²) in [6, 6.07) is 6.92. The first-order chi connectivity index (χ1) is 10.6. The Morgan fingerprint density at radius 2 is 1.77 bits per heavy atom. The van der Waals surface area contributed by atoms with Crippen LogP contribution in [-0.4, -0.2) is 10.1 Å². The van der Waals surface area contributed by atoms with Crippen LogP contribution >= 0.6 is 0 Å². The lowest BCUT2D eigenvalue weighted by Crippen LogP contribution is -2.44. The third-order valence-corrected chi connectivity index (χ3v) is 5.37. The molecule has 1 heterocycles. The highest BCUT2D eigenvalue weighted by molar-refractivity contribution is 5.34. The monoisotopic (exact) mass is 301 g/mol. The zero-order valence-corrected chi connectivity index (χ0v) is 12.5. The van der Waals surface area contributed by atoms with Crippen molar-refractivity contribution in [2.24, 2.45) is 5.73 Å². The molecule has 0 bridgehead atoms. The van der Waals surface area contributed by atoms with Crippen LogP contribution in [-0.2, 0) is 11.0 Å². The van der Waals surface area contributed by atoms with Crippen molar-refractivity contribution in [1.82, 2.24) is 10.1 Å². The van der Waals surface area contributed by atoms with Crippen LogP contribution in [0.3, 0.4) is 0 Å². The third kappa shape index (κ3) is 1.92. The first-order valence-corrected chi connectivity index (χ1v) is 8.03. The molecule has 2 N–H and O–H groups in total. The molecule has 0 spiro atoms. The van der Waals surface area contributed by atoms with Crippen molar-refractivity contribution in [3.05, 3.63) is 47.4 Å². The van der Waals surface area contributed by atoms with E-state index in [9.17, 15) is 4.39 Å². The number of nitrogens with two attached hydrogens (primary N) is 1. The zero-order valence-electron chi connectivity index (χ0n) is 12.5. The number of nitrogens with zero attached hydrogens (tertiary/aromatic N) is 2. The number of rotatable bonds is 3. The van der Waals surface area contributed by atoms with Crippen molar-refractivity contribution < 1.29 is 8.91 Å². The second kappa shape index (κ2) is 4.88. The molecule has 4 nitrogen and oxygen atoms in total. The molecule has 0 saturated heterocycles. The molecule has 2 fully saturated rings. The number of hydrogen-bond acceptors (Lipinski definition) is 4. The molecule has 4 rings (SSSR count). The van der Waals surface area contributed by atoms with Crippen molar-refractivity contribution in [3.63, 3.8) is 0 Å². The Morgan fingerprint density at radius 1 is 1.05 bits per heavy atom. The van der Waals surface area contributed by atoms with E-state index in [-0.39, 0.29) is 5.82 Å². The molecule has 1 aromatic carbocycles. The van der Waals surface area contributed by atoms with Gasteiger partial charge in [-0.1, -0.05) is 36.2 Å². The van der Waals surface area contributed by atoms with E-state index in [0.717, 1.165) is 44.9 Å². The molecule has 2 saturated carbocycles. The maximum absolute atomic E-state index is 14.4. The Morgan fingerprint density at radius 3 is 2.41 bits per heavy atom. The standard InChI is InChI=1S/C17H20FN3O/c18-13-7-2-1-6-12(13)16(8-3-4-9-16)15-20-14(21-22-15)17(19)10-5-11-17/h1-2,6-7H,3-5,8-11,19H2. The first kappa shape index (κ1) is 13.9. The van der Waals surface area contributed by atoms with Gasteiger partial charge in [0.05, 0.1) is 11.0 Å². The minimum atomic E-state index is -0.489. The molecular weight excluding hydrogens is 281 g/mol. The SMILES string of the molecule is NC1(c2noc(C3(c4ccccc4F)CCCC3)n2)CCC1. The fourth-order valence-electron chi connectivity index (χ4n) is 3.83. The number of aromatic nitrogens is 2. The third-order valence-electron chi connectivity index (χ3n) is 5.37. The van der Waals surface area contributed by atoms with Gasteiger partial charge in [-0.2, -0.15) is 4.98 Å². The van der Waals surface area contributed by atoms with Crippen molar-refractivity contribution in [2.75, 3.05) is 0 Å². The fraction of sp³-hybridized carbons (Fsp3) is 0.529. The Kier molecular flexibility index (Phi) is 3.08. The molecule has 0 amide bonds. The minimum Gasteiger partial charge on any atom is -0.338 e. The summed E-state index contributed by atoms with van der Waals surface area (Å²) in [7, 11) is 0. The number of halogens is 1. The highest BCUT2D eigenvalue weighted by Crippen LogP contribution is 2.47. The van der Waals surface area contributed by atoms with Gasteiger partial charge >= 0.3 is 0 Å². The summed E-state index contributed by atoms with van der Waals surface area (Å²) in [5.74, 6) is 0.911. The van der Waals surface area contributed by atoms with Crippen LogP contribution in [0.15, 0.2) is 28.8 Å². The number of hydrogen-bond donors (Lipinski definition) is 1. The molecule has 2 aliphatic rings. The molecule has 0 radical (unpaired) electrons. The van der Waals surface area contributed by atoms with Gasteiger partial charge in [0, 0.05) is 5.56 Å². The van der Waals surface area contributed by atoms with Crippen LogP contribution in [0.25, 0.3) is 0 Å². The van der Waals surface area contributed by atoms with E-state index in [0.29, 0.717) is 17.3 Å². The molecule has 116 valence electrons. The lowest BCUT2D eigenvalue weighted by molar-refractivity contribution is 0.227. The van der Waals surface area contributed by atoms with Crippen molar-refractivity contribution in [1.29, 1.82) is 0 Å². The predicted molar refractivity (Wildman–Crippen MR) is 79.7 cm³/mol. The lowest BCUT2D eigenvalue weighted by Gasteiger charge is -2.34. The molecule has 1 aromatic heterocycles. The number of benzene rings is 1. The summed E-state index contributed by atoms with van der Waals surface area (Å²) in [5, 5.41) is 4.12. The van der Waals surface area contributed by atoms with Crippen LogP contribution in [0.5, 0.6) is 0 Å². The Labute approximate surface area is 128 Å². The molecule has 0 unspecified atom stereocenters. The van der Waals surface area contributed by atoms with Crippen LogP contribution < -0.4 is 5.73 Å². The topological polar surface area (TPSA) is 64.9 Å². The van der Waals surface area contributed by atoms with Crippen molar-refractivity contribution >= 4 is 0 Å². The lowest BCUT2D eigenvalue weighted by atomic mass is 9.76. The second-order valence-electron chi connectivity index (χ2n) is 6.70. The van der Waals surface area contributed by atoms with E-state index in [1.807, 2.05) is 12.1 Å². The van der Waals surface area contributed by atoms with E-state index < -0.39 is 11.0 Å². The Balaban J connectivity index is 1.78. The molecule has 2 aliphatic carbocycles. The highest BCUT2D eigenvalue weighted by Gasteiger charge is 2.46. The van der Waals surface area contributed by atoms with E-state index in [4.69, 9.17) is 10.3 Å². The van der Waals surface area contributed by atoms with Crippen LogP contribution in [0.1, 0.15) is 62.2 Å². The van der Waals surface area contributed by atoms with Gasteiger partial charge in [-0.15, -0.1) is 0 Å². The average molecular weight is 301 g/mol. The first-order valence-electron chi connectivity index (χ1n) is 8.03. The van der Waals surface area contributed by atoms with Gasteiger partial charge in [0.15, 0.2) is 5.82 Å². The van der Waals surface area contributed by atoms with Gasteiger partial charge < -0.3 is 10.3 Å². The predicted octanol–water partition coefficient (Wildman–Crippen LogP) is 3.41. The summed E-state index contributed by atoms with van der Waals surface area (Å²) in [4.78, 5) is 4.61. The average Bonchev–Trinajstić information content (AvgIpc) is 3.15. The van der Waals surface area contributed by atoms with E-state index in [2.05, 4.69) is 10.1 Å². The summed E-state index contributed by atoms with van der Waals surface area (Å²) >= 11 is 0. The summed E-state index contributed by atoms with van der Waals surface area (Å²) in [6.45, 7) is 0. The zero-order chi connectivity index (χ0) is 15.2. The Bertz CT molecular complexity index is 687. The molecule has 0 atom stereocenters. The van der Waals surface area contributed by atoms with E-state index in [1.54, 1.807) is 6.07 Å². The second-order valence-corrected chi connectivity index (χ2v) is 6.70. The molecule has 0 aliphatic heterocycles. The molecule has 22 heavy (non-hydrogen) atoms.